The Morgan fingerprint density at radius 2 is 1.43 bits per heavy atom. The van der Waals surface area contributed by atoms with Crippen molar-refractivity contribution in [1.82, 2.24) is 15.2 Å². The van der Waals surface area contributed by atoms with E-state index < -0.39 is 0 Å². The Morgan fingerprint density at radius 3 is 2.14 bits per heavy atom. The van der Waals surface area contributed by atoms with Crippen LogP contribution in [0.15, 0.2) is 48.5 Å². The minimum absolute atomic E-state index is 0.513. The molecular weight excluding hydrogens is 344 g/mol. The average Bonchev–Trinajstić information content (AvgIpc) is 2.65. The molecule has 0 saturated carbocycles. The van der Waals surface area contributed by atoms with E-state index in [9.17, 15) is 0 Å². The predicted molar refractivity (Wildman–Crippen MR) is 116 cm³/mol. The maximum Gasteiger partial charge on any atom is 0.247 e. The fraction of sp³-hybridized carbons (Fsp3) is 0.208. The molecule has 140 valence electrons. The summed E-state index contributed by atoms with van der Waals surface area (Å²) in [6.07, 6.45) is 0. The van der Waals surface area contributed by atoms with Gasteiger partial charge >= 0.3 is 0 Å². The molecule has 0 amide bonds. The summed E-state index contributed by atoms with van der Waals surface area (Å²) < 4.78 is 0. The molecule has 1 heterocycles. The van der Waals surface area contributed by atoms with Gasteiger partial charge in [0.15, 0.2) is 0 Å². The molecule has 0 atom stereocenters. The van der Waals surface area contributed by atoms with E-state index in [0.717, 1.165) is 27.8 Å². The lowest BCUT2D eigenvalue weighted by Crippen LogP contribution is -2.01. The smallest absolute Gasteiger partial charge is 0.247 e. The molecule has 4 nitrogen and oxygen atoms in total. The van der Waals surface area contributed by atoms with Gasteiger partial charge in [0, 0.05) is 5.69 Å². The monoisotopic (exact) mass is 368 g/mol. The Hall–Kier alpha value is -3.27. The molecule has 4 heteroatoms. The zero-order chi connectivity index (χ0) is 19.8. The van der Waals surface area contributed by atoms with Gasteiger partial charge in [-0.05, 0) is 97.8 Å². The molecule has 0 aliphatic heterocycles. The maximum absolute atomic E-state index is 4.72. The van der Waals surface area contributed by atoms with Crippen molar-refractivity contribution in [2.24, 2.45) is 0 Å². The predicted octanol–water partition coefficient (Wildman–Crippen LogP) is 5.98. The molecule has 3 aromatic carbocycles. The Bertz CT molecular complexity index is 1170. The molecule has 0 fully saturated rings. The first kappa shape index (κ1) is 18.1. The lowest BCUT2D eigenvalue weighted by molar-refractivity contribution is 1.03. The van der Waals surface area contributed by atoms with Gasteiger partial charge in [0.25, 0.3) is 0 Å². The number of nitrogens with one attached hydrogen (secondary N) is 1. The minimum atomic E-state index is 0.513. The van der Waals surface area contributed by atoms with Crippen molar-refractivity contribution in [1.29, 1.82) is 0 Å². The molecular formula is C24H24N4. The number of fused-ring (bicyclic) bond motifs is 1. The minimum Gasteiger partial charge on any atom is -0.323 e. The number of anilines is 2. The van der Waals surface area contributed by atoms with Crippen LogP contribution in [-0.4, -0.2) is 15.2 Å². The molecule has 1 aromatic heterocycles. The van der Waals surface area contributed by atoms with Gasteiger partial charge < -0.3 is 5.32 Å². The van der Waals surface area contributed by atoms with Gasteiger partial charge in [-0.2, -0.15) is 0 Å². The Labute approximate surface area is 165 Å². The number of aryl methyl sites for hydroxylation is 5. The first-order valence-corrected chi connectivity index (χ1v) is 9.48. The summed E-state index contributed by atoms with van der Waals surface area (Å²) >= 11 is 0. The van der Waals surface area contributed by atoms with E-state index in [2.05, 4.69) is 92.6 Å². The van der Waals surface area contributed by atoms with E-state index in [1.54, 1.807) is 0 Å². The number of aromatic nitrogens is 3. The summed E-state index contributed by atoms with van der Waals surface area (Å²) in [6, 6.07) is 16.9. The van der Waals surface area contributed by atoms with E-state index >= 15 is 0 Å². The van der Waals surface area contributed by atoms with Crippen molar-refractivity contribution in [2.75, 3.05) is 5.32 Å². The van der Waals surface area contributed by atoms with E-state index in [4.69, 9.17) is 4.98 Å². The van der Waals surface area contributed by atoms with Crippen LogP contribution in [-0.2, 0) is 0 Å². The fourth-order valence-electron chi connectivity index (χ4n) is 3.63. The standard InChI is InChI=1S/C24H24N4/c1-14-9-10-20(12-17(14)4)25-24-26-23-18(5)11-19(13-21(23)27-28-24)22-15(2)7-6-8-16(22)3/h6-13H,1-5H3,(H,25,26,28). The lowest BCUT2D eigenvalue weighted by atomic mass is 9.94. The summed E-state index contributed by atoms with van der Waals surface area (Å²) in [5.74, 6) is 0.513. The Balaban J connectivity index is 1.75. The van der Waals surface area contributed by atoms with Crippen molar-refractivity contribution in [3.05, 3.63) is 76.3 Å². The largest absolute Gasteiger partial charge is 0.323 e. The third-order valence-corrected chi connectivity index (χ3v) is 5.28. The van der Waals surface area contributed by atoms with Crippen LogP contribution < -0.4 is 5.32 Å². The highest BCUT2D eigenvalue weighted by Crippen LogP contribution is 2.31. The van der Waals surface area contributed by atoms with Gasteiger partial charge in [0.1, 0.15) is 5.52 Å². The first-order valence-electron chi connectivity index (χ1n) is 9.48. The van der Waals surface area contributed by atoms with Crippen molar-refractivity contribution in [3.8, 4) is 11.1 Å². The highest BCUT2D eigenvalue weighted by Gasteiger charge is 2.11. The van der Waals surface area contributed by atoms with Gasteiger partial charge in [-0.3, -0.25) is 0 Å². The van der Waals surface area contributed by atoms with Crippen molar-refractivity contribution in [3.63, 3.8) is 0 Å². The quantitative estimate of drug-likeness (QED) is 0.483. The van der Waals surface area contributed by atoms with Crippen LogP contribution in [0.3, 0.4) is 0 Å². The van der Waals surface area contributed by atoms with Gasteiger partial charge in [-0.1, -0.05) is 24.3 Å². The second kappa shape index (κ2) is 7.04. The molecule has 0 aliphatic carbocycles. The topological polar surface area (TPSA) is 50.7 Å². The molecule has 1 N–H and O–H groups in total. The van der Waals surface area contributed by atoms with Crippen LogP contribution in [0, 0.1) is 34.6 Å². The Morgan fingerprint density at radius 1 is 0.679 bits per heavy atom. The summed E-state index contributed by atoms with van der Waals surface area (Å²) in [5.41, 5.74) is 11.2. The summed E-state index contributed by atoms with van der Waals surface area (Å²) in [7, 11) is 0. The lowest BCUT2D eigenvalue weighted by Gasteiger charge is -2.12. The van der Waals surface area contributed by atoms with E-state index in [-0.39, 0.29) is 0 Å². The highest BCUT2D eigenvalue weighted by molar-refractivity contribution is 5.86. The fourth-order valence-corrected chi connectivity index (χ4v) is 3.63. The summed E-state index contributed by atoms with van der Waals surface area (Å²) in [4.78, 5) is 4.72. The SMILES string of the molecule is Cc1ccc(Nc2nnc3cc(-c4c(C)cccc4C)cc(C)c3n2)cc1C. The molecule has 0 aliphatic rings. The average molecular weight is 368 g/mol. The van der Waals surface area contributed by atoms with Crippen LogP contribution in [0.25, 0.3) is 22.2 Å². The van der Waals surface area contributed by atoms with Gasteiger partial charge in [-0.25, -0.2) is 4.98 Å². The molecule has 0 bridgehead atoms. The van der Waals surface area contributed by atoms with Crippen molar-refractivity contribution in [2.45, 2.75) is 34.6 Å². The molecule has 4 rings (SSSR count). The third-order valence-electron chi connectivity index (χ3n) is 5.28. The van der Waals surface area contributed by atoms with Crippen LogP contribution >= 0.6 is 0 Å². The Kier molecular flexibility index (Phi) is 4.55. The number of benzene rings is 3. The van der Waals surface area contributed by atoms with Crippen LogP contribution in [0.5, 0.6) is 0 Å². The molecule has 0 radical (unpaired) electrons. The first-order chi connectivity index (χ1) is 13.4. The molecule has 0 saturated heterocycles. The highest BCUT2D eigenvalue weighted by atomic mass is 15.2. The molecule has 0 unspecified atom stereocenters. The second-order valence-corrected chi connectivity index (χ2v) is 7.49. The van der Waals surface area contributed by atoms with Crippen molar-refractivity contribution >= 4 is 22.7 Å². The van der Waals surface area contributed by atoms with Gasteiger partial charge in [0.05, 0.1) is 5.52 Å². The van der Waals surface area contributed by atoms with Crippen LogP contribution in [0.4, 0.5) is 11.6 Å². The van der Waals surface area contributed by atoms with E-state index in [0.29, 0.717) is 5.95 Å². The third kappa shape index (κ3) is 3.33. The number of nitrogens with zero attached hydrogens (tertiary/aromatic N) is 3. The summed E-state index contributed by atoms with van der Waals surface area (Å²) in [5, 5.41) is 12.0. The van der Waals surface area contributed by atoms with Crippen molar-refractivity contribution < 1.29 is 0 Å². The molecule has 4 aromatic rings. The molecule has 28 heavy (non-hydrogen) atoms. The second-order valence-electron chi connectivity index (χ2n) is 7.49. The number of hydrogen-bond donors (Lipinski definition) is 1. The summed E-state index contributed by atoms with van der Waals surface area (Å²) in [6.45, 7) is 10.6. The van der Waals surface area contributed by atoms with E-state index in [1.165, 1.54) is 27.8 Å². The molecule has 0 spiro atoms. The van der Waals surface area contributed by atoms with E-state index in [1.807, 2.05) is 6.07 Å². The van der Waals surface area contributed by atoms with Crippen LogP contribution in [0.1, 0.15) is 27.8 Å². The zero-order valence-corrected chi connectivity index (χ0v) is 17.0. The zero-order valence-electron chi connectivity index (χ0n) is 17.0. The number of hydrogen-bond acceptors (Lipinski definition) is 4. The number of rotatable bonds is 3. The maximum atomic E-state index is 4.72. The normalized spacial score (nSPS) is 11.0. The van der Waals surface area contributed by atoms with Gasteiger partial charge in [0.2, 0.25) is 5.95 Å². The van der Waals surface area contributed by atoms with Crippen LogP contribution in [0.2, 0.25) is 0 Å². The van der Waals surface area contributed by atoms with Gasteiger partial charge in [-0.15, -0.1) is 10.2 Å².